The molecule has 2 aromatic carbocycles. The number of nitriles is 1. The Kier molecular flexibility index (Phi) is 5.45. The molecule has 1 aliphatic rings. The first-order valence-electron chi connectivity index (χ1n) is 8.50. The number of halogens is 2. The number of carbonyl (C=O) groups is 1. The van der Waals surface area contributed by atoms with E-state index < -0.39 is 26.6 Å². The predicted molar refractivity (Wildman–Crippen MR) is 98.5 cm³/mol. The van der Waals surface area contributed by atoms with Gasteiger partial charge in [-0.15, -0.1) is 0 Å². The molecule has 0 spiro atoms. The van der Waals surface area contributed by atoms with Gasteiger partial charge in [-0.2, -0.15) is 9.57 Å². The zero-order chi connectivity index (χ0) is 20.5. The van der Waals surface area contributed by atoms with Gasteiger partial charge in [-0.3, -0.25) is 4.79 Å². The lowest BCUT2D eigenvalue weighted by Crippen LogP contribution is -2.49. The molecule has 2 aromatic rings. The molecule has 1 fully saturated rings. The minimum Gasteiger partial charge on any atom is -0.368 e. The Morgan fingerprint density at radius 1 is 1.07 bits per heavy atom. The number of benzene rings is 2. The Morgan fingerprint density at radius 2 is 1.68 bits per heavy atom. The van der Waals surface area contributed by atoms with Gasteiger partial charge >= 0.3 is 0 Å². The van der Waals surface area contributed by atoms with Crippen LogP contribution in [0.3, 0.4) is 0 Å². The third-order valence-corrected chi connectivity index (χ3v) is 6.55. The topological polar surface area (TPSA) is 81.5 Å². The van der Waals surface area contributed by atoms with Crippen molar-refractivity contribution in [3.8, 4) is 6.07 Å². The molecule has 0 saturated carbocycles. The molecule has 1 saturated heterocycles. The van der Waals surface area contributed by atoms with E-state index in [9.17, 15) is 22.0 Å². The van der Waals surface area contributed by atoms with Crippen LogP contribution in [0.2, 0.25) is 0 Å². The van der Waals surface area contributed by atoms with Crippen LogP contribution in [0.15, 0.2) is 41.3 Å². The van der Waals surface area contributed by atoms with Gasteiger partial charge in [0.05, 0.1) is 11.6 Å². The van der Waals surface area contributed by atoms with Gasteiger partial charge in [-0.25, -0.2) is 17.2 Å². The summed E-state index contributed by atoms with van der Waals surface area (Å²) >= 11 is 0. The summed E-state index contributed by atoms with van der Waals surface area (Å²) < 4.78 is 54.3. The molecule has 3 rings (SSSR count). The zero-order valence-corrected chi connectivity index (χ0v) is 15.8. The summed E-state index contributed by atoms with van der Waals surface area (Å²) in [5.41, 5.74) is 1.35. The Morgan fingerprint density at radius 3 is 2.21 bits per heavy atom. The van der Waals surface area contributed by atoms with Crippen molar-refractivity contribution in [1.29, 1.82) is 5.26 Å². The lowest BCUT2D eigenvalue weighted by molar-refractivity contribution is 0.101. The Bertz CT molecular complexity index is 1050. The minimum atomic E-state index is -4.33. The fourth-order valence-corrected chi connectivity index (χ4v) is 4.72. The van der Waals surface area contributed by atoms with Gasteiger partial charge in [0.25, 0.3) is 0 Å². The quantitative estimate of drug-likeness (QED) is 0.731. The number of hydrogen-bond donors (Lipinski definition) is 0. The molecule has 0 N–H and O–H groups in total. The molecule has 1 heterocycles. The minimum absolute atomic E-state index is 0.00969. The fraction of sp³-hybridized carbons (Fsp3) is 0.263. The number of carbonyl (C=O) groups excluding carboxylic acids is 1. The third-order valence-electron chi connectivity index (χ3n) is 4.60. The largest absolute Gasteiger partial charge is 0.368 e. The van der Waals surface area contributed by atoms with Gasteiger partial charge in [-0.1, -0.05) is 6.07 Å². The molecular formula is C19H17F2N3O3S. The van der Waals surface area contributed by atoms with Crippen LogP contribution in [0.4, 0.5) is 14.5 Å². The SMILES string of the molecule is CC(=O)c1ccc(C#N)cc1N1CCN(S(=O)(=O)c2c(F)cccc2F)CC1. The van der Waals surface area contributed by atoms with Crippen molar-refractivity contribution in [2.45, 2.75) is 11.8 Å². The maximum absolute atomic E-state index is 13.9. The van der Waals surface area contributed by atoms with Gasteiger partial charge in [-0.05, 0) is 37.3 Å². The van der Waals surface area contributed by atoms with Crippen LogP contribution < -0.4 is 4.90 Å². The summed E-state index contributed by atoms with van der Waals surface area (Å²) in [4.78, 5) is 12.7. The first-order chi connectivity index (χ1) is 13.3. The molecule has 0 atom stereocenters. The van der Waals surface area contributed by atoms with E-state index in [1.165, 1.54) is 6.92 Å². The summed E-state index contributed by atoms with van der Waals surface area (Å²) in [6.45, 7) is 1.82. The number of nitrogens with zero attached hydrogens (tertiary/aromatic N) is 3. The Balaban J connectivity index is 1.86. The highest BCUT2D eigenvalue weighted by Crippen LogP contribution is 2.27. The maximum Gasteiger partial charge on any atom is 0.249 e. The van der Waals surface area contributed by atoms with Crippen LogP contribution in [0.5, 0.6) is 0 Å². The Hall–Kier alpha value is -2.83. The molecule has 0 aromatic heterocycles. The fourth-order valence-electron chi connectivity index (χ4n) is 3.19. The van der Waals surface area contributed by atoms with Gasteiger partial charge in [0.1, 0.15) is 11.6 Å². The highest BCUT2D eigenvalue weighted by molar-refractivity contribution is 7.89. The second-order valence-electron chi connectivity index (χ2n) is 6.34. The molecule has 1 aliphatic heterocycles. The van der Waals surface area contributed by atoms with Crippen LogP contribution in [-0.2, 0) is 10.0 Å². The maximum atomic E-state index is 13.9. The normalized spacial score (nSPS) is 15.3. The van der Waals surface area contributed by atoms with E-state index in [2.05, 4.69) is 0 Å². The average Bonchev–Trinajstić information content (AvgIpc) is 2.67. The number of sulfonamides is 1. The molecule has 6 nitrogen and oxygen atoms in total. The number of hydrogen-bond acceptors (Lipinski definition) is 5. The Labute approximate surface area is 161 Å². The van der Waals surface area contributed by atoms with E-state index in [-0.39, 0.29) is 32.0 Å². The molecule has 0 bridgehead atoms. The molecule has 0 radical (unpaired) electrons. The first-order valence-corrected chi connectivity index (χ1v) is 9.94. The van der Waals surface area contributed by atoms with E-state index in [0.29, 0.717) is 16.8 Å². The van der Waals surface area contributed by atoms with Gasteiger partial charge in [0.15, 0.2) is 10.7 Å². The number of anilines is 1. The molecule has 28 heavy (non-hydrogen) atoms. The summed E-state index contributed by atoms with van der Waals surface area (Å²) in [6, 6.07) is 9.61. The van der Waals surface area contributed by atoms with E-state index in [1.54, 1.807) is 23.1 Å². The van der Waals surface area contributed by atoms with Crippen molar-refractivity contribution in [2.24, 2.45) is 0 Å². The van der Waals surface area contributed by atoms with Crippen LogP contribution in [0.25, 0.3) is 0 Å². The number of rotatable bonds is 4. The monoisotopic (exact) mass is 405 g/mol. The molecule has 0 amide bonds. The predicted octanol–water partition coefficient (Wildman–Crippen LogP) is 2.55. The van der Waals surface area contributed by atoms with Crippen molar-refractivity contribution >= 4 is 21.5 Å². The van der Waals surface area contributed by atoms with Crippen LogP contribution >= 0.6 is 0 Å². The summed E-state index contributed by atoms with van der Waals surface area (Å²) in [6.07, 6.45) is 0. The van der Waals surface area contributed by atoms with Crippen LogP contribution in [-0.4, -0.2) is 44.7 Å². The smallest absolute Gasteiger partial charge is 0.249 e. The zero-order valence-electron chi connectivity index (χ0n) is 15.0. The molecule has 0 aliphatic carbocycles. The van der Waals surface area contributed by atoms with Gasteiger partial charge in [0.2, 0.25) is 10.0 Å². The van der Waals surface area contributed by atoms with E-state index >= 15 is 0 Å². The second-order valence-corrected chi connectivity index (χ2v) is 8.22. The summed E-state index contributed by atoms with van der Waals surface area (Å²) in [7, 11) is -4.33. The van der Waals surface area contributed by atoms with E-state index in [1.807, 2.05) is 6.07 Å². The second kappa shape index (κ2) is 7.66. The third kappa shape index (κ3) is 3.61. The molecule has 9 heteroatoms. The standard InChI is InChI=1S/C19H17F2N3O3S/c1-13(25)15-6-5-14(12-22)11-18(15)23-7-9-24(10-8-23)28(26,27)19-16(20)3-2-4-17(19)21/h2-6,11H,7-10H2,1H3. The van der Waals surface area contributed by atoms with Crippen molar-refractivity contribution < 1.29 is 22.0 Å². The number of Topliss-reactive ketones (excluding diaryl/α,β-unsaturated/α-hetero) is 1. The van der Waals surface area contributed by atoms with Crippen molar-refractivity contribution in [3.05, 3.63) is 59.2 Å². The van der Waals surface area contributed by atoms with Crippen LogP contribution in [0, 0.1) is 23.0 Å². The van der Waals surface area contributed by atoms with Crippen molar-refractivity contribution in [1.82, 2.24) is 4.31 Å². The highest BCUT2D eigenvalue weighted by atomic mass is 32.2. The van der Waals surface area contributed by atoms with Crippen LogP contribution in [0.1, 0.15) is 22.8 Å². The summed E-state index contributed by atoms with van der Waals surface area (Å²) in [5, 5.41) is 9.10. The molecular weight excluding hydrogens is 388 g/mol. The number of piperazine rings is 1. The number of ketones is 1. The highest BCUT2D eigenvalue weighted by Gasteiger charge is 2.33. The summed E-state index contributed by atoms with van der Waals surface area (Å²) in [5.74, 6) is -2.45. The lowest BCUT2D eigenvalue weighted by Gasteiger charge is -2.36. The van der Waals surface area contributed by atoms with Gasteiger partial charge in [0, 0.05) is 37.4 Å². The van der Waals surface area contributed by atoms with Gasteiger partial charge < -0.3 is 4.90 Å². The van der Waals surface area contributed by atoms with Crippen molar-refractivity contribution in [3.63, 3.8) is 0 Å². The molecule has 0 unspecified atom stereocenters. The first kappa shape index (κ1) is 19.9. The lowest BCUT2D eigenvalue weighted by atomic mass is 10.0. The molecule has 146 valence electrons. The average molecular weight is 405 g/mol. The van der Waals surface area contributed by atoms with Crippen molar-refractivity contribution in [2.75, 3.05) is 31.1 Å². The van der Waals surface area contributed by atoms with E-state index in [4.69, 9.17) is 5.26 Å². The van der Waals surface area contributed by atoms with E-state index in [0.717, 1.165) is 22.5 Å².